The first kappa shape index (κ1) is 11.5. The second-order valence-electron chi connectivity index (χ2n) is 3.57. The van der Waals surface area contributed by atoms with E-state index in [0.717, 1.165) is 16.6 Å². The number of amides is 1. The van der Waals surface area contributed by atoms with Crippen molar-refractivity contribution in [2.45, 2.75) is 6.42 Å². The maximum Gasteiger partial charge on any atom is 0.231 e. The minimum absolute atomic E-state index is 0.0476. The van der Waals surface area contributed by atoms with Crippen molar-refractivity contribution in [1.29, 1.82) is 0 Å². The summed E-state index contributed by atoms with van der Waals surface area (Å²) in [6.45, 7) is 0. The van der Waals surface area contributed by atoms with E-state index in [1.807, 2.05) is 30.3 Å². The van der Waals surface area contributed by atoms with E-state index in [2.05, 4.69) is 22.5 Å². The van der Waals surface area contributed by atoms with E-state index >= 15 is 0 Å². The molecule has 1 aromatic carbocycles. The predicted octanol–water partition coefficient (Wildman–Crippen LogP) is 1.85. The number of hydrogen-bond acceptors (Lipinski definition) is 3. The van der Waals surface area contributed by atoms with Crippen LogP contribution in [0.15, 0.2) is 36.5 Å². The van der Waals surface area contributed by atoms with E-state index in [1.165, 1.54) is 0 Å². The normalized spacial score (nSPS) is 10.1. The van der Waals surface area contributed by atoms with Gasteiger partial charge in [0.25, 0.3) is 0 Å². The van der Waals surface area contributed by atoms with Crippen LogP contribution in [0, 0.1) is 0 Å². The van der Waals surface area contributed by atoms with Crippen molar-refractivity contribution in [2.75, 3.05) is 5.32 Å². The van der Waals surface area contributed by atoms with Gasteiger partial charge in [-0.05, 0) is 24.3 Å². The molecule has 86 valence electrons. The Morgan fingerprint density at radius 2 is 2.18 bits per heavy atom. The Hall–Kier alpha value is -2.01. The lowest BCUT2D eigenvalue weighted by Crippen LogP contribution is -2.20. The quantitative estimate of drug-likeness (QED) is 0.810. The highest BCUT2D eigenvalue weighted by Gasteiger charge is 2.06. The Morgan fingerprint density at radius 1 is 1.35 bits per heavy atom. The third-order valence-corrected chi connectivity index (χ3v) is 2.40. The number of thiocarbonyl (C=S) groups is 1. The predicted molar refractivity (Wildman–Crippen MR) is 71.8 cm³/mol. The van der Waals surface area contributed by atoms with Crippen LogP contribution in [0.1, 0.15) is 6.42 Å². The van der Waals surface area contributed by atoms with Gasteiger partial charge in [-0.15, -0.1) is 0 Å². The number of anilines is 1. The number of hydrogen-bond donors (Lipinski definition) is 2. The number of fused-ring (bicyclic) bond motifs is 1. The number of nitrogens with zero attached hydrogens (tertiary/aromatic N) is 1. The third-order valence-electron chi connectivity index (χ3n) is 2.25. The van der Waals surface area contributed by atoms with E-state index < -0.39 is 0 Å². The van der Waals surface area contributed by atoms with Gasteiger partial charge in [-0.25, -0.2) is 0 Å². The van der Waals surface area contributed by atoms with Crippen LogP contribution in [0.2, 0.25) is 0 Å². The Labute approximate surface area is 104 Å². The maximum atomic E-state index is 11.6. The molecule has 0 aliphatic heterocycles. The fourth-order valence-electron chi connectivity index (χ4n) is 1.56. The number of aromatic nitrogens is 1. The lowest BCUT2D eigenvalue weighted by molar-refractivity contribution is -0.115. The molecule has 0 unspecified atom stereocenters. The molecule has 2 aromatic rings. The molecular formula is C12H11N3OS. The Balaban J connectivity index is 2.30. The average Bonchev–Trinajstić information content (AvgIpc) is 2.28. The van der Waals surface area contributed by atoms with Gasteiger partial charge >= 0.3 is 0 Å². The van der Waals surface area contributed by atoms with Crippen molar-refractivity contribution in [3.8, 4) is 0 Å². The SMILES string of the molecule is NC(=S)CC(=O)Nc1cccc2ncccc12. The zero-order chi connectivity index (χ0) is 12.3. The fraction of sp³-hybridized carbons (Fsp3) is 0.0833. The van der Waals surface area contributed by atoms with Crippen molar-refractivity contribution in [1.82, 2.24) is 4.98 Å². The minimum Gasteiger partial charge on any atom is -0.393 e. The summed E-state index contributed by atoms with van der Waals surface area (Å²) in [6.07, 6.45) is 1.76. The van der Waals surface area contributed by atoms with Crippen LogP contribution in [0.4, 0.5) is 5.69 Å². The van der Waals surface area contributed by atoms with E-state index in [1.54, 1.807) is 6.20 Å². The Morgan fingerprint density at radius 3 is 2.94 bits per heavy atom. The van der Waals surface area contributed by atoms with Crippen molar-refractivity contribution in [3.63, 3.8) is 0 Å². The average molecular weight is 245 g/mol. The molecule has 0 radical (unpaired) electrons. The van der Waals surface area contributed by atoms with Crippen molar-refractivity contribution in [3.05, 3.63) is 36.5 Å². The van der Waals surface area contributed by atoms with Crippen LogP contribution in [0.3, 0.4) is 0 Å². The second kappa shape index (κ2) is 4.88. The summed E-state index contributed by atoms with van der Waals surface area (Å²) in [5, 5.41) is 3.66. The highest BCUT2D eigenvalue weighted by molar-refractivity contribution is 7.80. The van der Waals surface area contributed by atoms with E-state index in [-0.39, 0.29) is 17.3 Å². The molecule has 0 aliphatic rings. The summed E-state index contributed by atoms with van der Waals surface area (Å²) in [5.74, 6) is -0.214. The van der Waals surface area contributed by atoms with E-state index in [0.29, 0.717) is 0 Å². The van der Waals surface area contributed by atoms with Gasteiger partial charge in [0.2, 0.25) is 5.91 Å². The molecule has 17 heavy (non-hydrogen) atoms. The lowest BCUT2D eigenvalue weighted by Gasteiger charge is -2.07. The first-order valence-electron chi connectivity index (χ1n) is 5.09. The van der Waals surface area contributed by atoms with Crippen LogP contribution in [0.5, 0.6) is 0 Å². The van der Waals surface area contributed by atoms with E-state index in [9.17, 15) is 4.79 Å². The third kappa shape index (κ3) is 2.76. The monoisotopic (exact) mass is 245 g/mol. The van der Waals surface area contributed by atoms with Crippen LogP contribution in [-0.4, -0.2) is 15.9 Å². The van der Waals surface area contributed by atoms with Gasteiger partial charge in [-0.1, -0.05) is 18.3 Å². The van der Waals surface area contributed by atoms with Gasteiger partial charge in [-0.3, -0.25) is 9.78 Å². The number of rotatable bonds is 3. The molecule has 1 heterocycles. The number of benzene rings is 1. The van der Waals surface area contributed by atoms with Gasteiger partial charge in [0, 0.05) is 11.6 Å². The molecule has 3 N–H and O–H groups in total. The summed E-state index contributed by atoms with van der Waals surface area (Å²) < 4.78 is 0. The van der Waals surface area contributed by atoms with Crippen molar-refractivity contribution >= 4 is 39.7 Å². The van der Waals surface area contributed by atoms with Gasteiger partial charge in [0.1, 0.15) is 0 Å². The largest absolute Gasteiger partial charge is 0.393 e. The molecule has 0 atom stereocenters. The molecular weight excluding hydrogens is 234 g/mol. The molecule has 2 rings (SSSR count). The second-order valence-corrected chi connectivity index (χ2v) is 4.09. The number of pyridine rings is 1. The van der Waals surface area contributed by atoms with Crippen LogP contribution < -0.4 is 11.1 Å². The first-order chi connectivity index (χ1) is 8.16. The molecule has 0 saturated heterocycles. The molecule has 5 heteroatoms. The van der Waals surface area contributed by atoms with Gasteiger partial charge in [-0.2, -0.15) is 0 Å². The van der Waals surface area contributed by atoms with Crippen LogP contribution in [-0.2, 0) is 4.79 Å². The van der Waals surface area contributed by atoms with E-state index in [4.69, 9.17) is 5.73 Å². The standard InChI is InChI=1S/C12H11N3OS/c13-11(17)7-12(16)15-10-5-1-4-9-8(10)3-2-6-14-9/h1-6H,7H2,(H2,13,17)(H,15,16). The van der Waals surface area contributed by atoms with Crippen molar-refractivity contribution in [2.24, 2.45) is 5.73 Å². The van der Waals surface area contributed by atoms with Gasteiger partial charge < -0.3 is 11.1 Å². The minimum atomic E-state index is -0.214. The molecule has 1 aromatic heterocycles. The maximum absolute atomic E-state index is 11.6. The topological polar surface area (TPSA) is 68.0 Å². The zero-order valence-corrected chi connectivity index (χ0v) is 9.83. The number of nitrogens with one attached hydrogen (secondary N) is 1. The van der Waals surface area contributed by atoms with Crippen molar-refractivity contribution < 1.29 is 4.79 Å². The Bertz CT molecular complexity index is 577. The number of carbonyl (C=O) groups is 1. The lowest BCUT2D eigenvalue weighted by atomic mass is 10.2. The summed E-state index contributed by atoms with van der Waals surface area (Å²) in [5.41, 5.74) is 6.87. The summed E-state index contributed by atoms with van der Waals surface area (Å²) in [4.78, 5) is 16.0. The van der Waals surface area contributed by atoms with Gasteiger partial charge in [0.15, 0.2) is 0 Å². The number of carbonyl (C=O) groups excluding carboxylic acids is 1. The first-order valence-corrected chi connectivity index (χ1v) is 5.49. The molecule has 0 spiro atoms. The number of nitrogens with two attached hydrogens (primary N) is 1. The molecule has 0 fully saturated rings. The summed E-state index contributed by atoms with van der Waals surface area (Å²) >= 11 is 4.69. The fourth-order valence-corrected chi connectivity index (χ4v) is 1.70. The molecule has 0 saturated carbocycles. The highest BCUT2D eigenvalue weighted by atomic mass is 32.1. The molecule has 0 aliphatic carbocycles. The Kier molecular flexibility index (Phi) is 3.30. The molecule has 1 amide bonds. The smallest absolute Gasteiger partial charge is 0.231 e. The van der Waals surface area contributed by atoms with Crippen LogP contribution >= 0.6 is 12.2 Å². The molecule has 0 bridgehead atoms. The molecule has 4 nitrogen and oxygen atoms in total. The van der Waals surface area contributed by atoms with Crippen LogP contribution in [0.25, 0.3) is 10.9 Å². The van der Waals surface area contributed by atoms with Gasteiger partial charge in [0.05, 0.1) is 22.6 Å². The zero-order valence-electron chi connectivity index (χ0n) is 9.01. The summed E-state index contributed by atoms with van der Waals surface area (Å²) in [6, 6.07) is 9.27. The highest BCUT2D eigenvalue weighted by Crippen LogP contribution is 2.21. The summed E-state index contributed by atoms with van der Waals surface area (Å²) in [7, 11) is 0.